The zero-order valence-electron chi connectivity index (χ0n) is 19.2. The number of ether oxygens (including phenoxy) is 2. The van der Waals surface area contributed by atoms with E-state index < -0.39 is 23.3 Å². The molecule has 8 nitrogen and oxygen atoms in total. The van der Waals surface area contributed by atoms with Gasteiger partial charge in [-0.1, -0.05) is 12.1 Å². The van der Waals surface area contributed by atoms with Crippen LogP contribution in [-0.2, 0) is 21.6 Å². The highest BCUT2D eigenvalue weighted by molar-refractivity contribution is 5.86. The minimum absolute atomic E-state index is 0.295. The average molecular weight is 463 g/mol. The normalized spacial score (nSPS) is 28.0. The Bertz CT molecular complexity index is 1420. The summed E-state index contributed by atoms with van der Waals surface area (Å²) in [6.07, 6.45) is 4.07. The number of alkyl halides is 1. The van der Waals surface area contributed by atoms with Gasteiger partial charge in [-0.15, -0.1) is 0 Å². The van der Waals surface area contributed by atoms with Crippen LogP contribution in [0.5, 0.6) is 0 Å². The van der Waals surface area contributed by atoms with Crippen molar-refractivity contribution in [1.29, 1.82) is 0 Å². The lowest BCUT2D eigenvalue weighted by molar-refractivity contribution is -0.190. The van der Waals surface area contributed by atoms with E-state index >= 15 is 4.39 Å². The molecule has 0 unspecified atom stereocenters. The third-order valence-electron chi connectivity index (χ3n) is 7.13. The standard InChI is InChI=1S/C25H27FN6O2/c1-23(2)33-22-24(26,9-7-15-3-4-16-5-6-19(27)31-18(16)13-15)10-11-25(22,34-23)32-12-8-17-20(28)29-14-30-21(17)32/h3-6,8,12-14,22H,7,9-11H2,1-2H3,(H2,27,31)(H2,28,29,30)/t22-,24-,25+/m1/s1. The summed E-state index contributed by atoms with van der Waals surface area (Å²) >= 11 is 0. The number of aromatic nitrogens is 4. The van der Waals surface area contributed by atoms with Gasteiger partial charge < -0.3 is 25.5 Å². The molecule has 4 N–H and O–H groups in total. The van der Waals surface area contributed by atoms with E-state index in [9.17, 15) is 0 Å². The van der Waals surface area contributed by atoms with Gasteiger partial charge in [-0.05, 0) is 62.9 Å². The highest BCUT2D eigenvalue weighted by Gasteiger charge is 2.67. The number of aryl methyl sites for hydroxylation is 1. The summed E-state index contributed by atoms with van der Waals surface area (Å²) < 4.78 is 31.3. The summed E-state index contributed by atoms with van der Waals surface area (Å²) in [7, 11) is 0. The molecule has 3 atom stereocenters. The van der Waals surface area contributed by atoms with E-state index in [1.54, 1.807) is 6.07 Å². The van der Waals surface area contributed by atoms with Crippen LogP contribution in [0.25, 0.3) is 21.9 Å². The minimum atomic E-state index is -1.58. The SMILES string of the molecule is CC1(C)O[C@@H]2[C@@](F)(CCc3ccc4ccc(N)nc4c3)CC[C@]2(n2ccc3c(N)ncnc32)O1. The van der Waals surface area contributed by atoms with Gasteiger partial charge in [0.25, 0.3) is 0 Å². The maximum Gasteiger partial charge on any atom is 0.179 e. The largest absolute Gasteiger partial charge is 0.384 e. The molecular weight excluding hydrogens is 435 g/mol. The van der Waals surface area contributed by atoms with Crippen LogP contribution in [0.1, 0.15) is 38.7 Å². The monoisotopic (exact) mass is 462 g/mol. The Morgan fingerprint density at radius 2 is 1.94 bits per heavy atom. The summed E-state index contributed by atoms with van der Waals surface area (Å²) in [5.74, 6) is -0.0959. The Balaban J connectivity index is 1.34. The van der Waals surface area contributed by atoms with Crippen LogP contribution in [0.2, 0.25) is 0 Å². The molecule has 1 saturated carbocycles. The molecule has 2 aliphatic rings. The quantitative estimate of drug-likeness (QED) is 0.470. The van der Waals surface area contributed by atoms with Gasteiger partial charge in [0.05, 0.1) is 10.9 Å². The molecule has 6 rings (SSSR count). The van der Waals surface area contributed by atoms with Crippen molar-refractivity contribution < 1.29 is 13.9 Å². The number of rotatable bonds is 4. The first kappa shape index (κ1) is 21.2. The van der Waals surface area contributed by atoms with Gasteiger partial charge in [0.2, 0.25) is 0 Å². The Morgan fingerprint density at radius 3 is 2.79 bits per heavy atom. The number of pyridine rings is 1. The fourth-order valence-corrected chi connectivity index (χ4v) is 5.60. The number of nitrogens with two attached hydrogens (primary N) is 2. The Labute approximate surface area is 196 Å². The second-order valence-corrected chi connectivity index (χ2v) is 9.82. The molecule has 34 heavy (non-hydrogen) atoms. The number of anilines is 2. The second kappa shape index (κ2) is 7.10. The highest BCUT2D eigenvalue weighted by Crippen LogP contribution is 2.57. The minimum Gasteiger partial charge on any atom is -0.384 e. The van der Waals surface area contributed by atoms with Gasteiger partial charge in [0.15, 0.2) is 11.5 Å². The van der Waals surface area contributed by atoms with Crippen molar-refractivity contribution in [2.24, 2.45) is 0 Å². The van der Waals surface area contributed by atoms with Crippen molar-refractivity contribution in [3.8, 4) is 0 Å². The summed E-state index contributed by atoms with van der Waals surface area (Å²) in [6, 6.07) is 11.5. The predicted octanol–water partition coefficient (Wildman–Crippen LogP) is 4.08. The smallest absolute Gasteiger partial charge is 0.179 e. The third-order valence-corrected chi connectivity index (χ3v) is 7.13. The summed E-state index contributed by atoms with van der Waals surface area (Å²) in [5.41, 5.74) is 11.7. The first-order chi connectivity index (χ1) is 16.2. The van der Waals surface area contributed by atoms with Crippen LogP contribution in [0.3, 0.4) is 0 Å². The molecule has 4 heterocycles. The summed E-state index contributed by atoms with van der Waals surface area (Å²) in [4.78, 5) is 12.9. The van der Waals surface area contributed by atoms with Gasteiger partial charge in [-0.2, -0.15) is 0 Å². The zero-order valence-corrected chi connectivity index (χ0v) is 19.2. The van der Waals surface area contributed by atoms with E-state index in [4.69, 9.17) is 20.9 Å². The molecule has 4 aromatic rings. The molecule has 9 heteroatoms. The van der Waals surface area contributed by atoms with Gasteiger partial charge in [-0.3, -0.25) is 0 Å². The van der Waals surface area contributed by atoms with Crippen LogP contribution in [0.4, 0.5) is 16.0 Å². The number of halogens is 1. The zero-order chi connectivity index (χ0) is 23.7. The number of fused-ring (bicyclic) bond motifs is 3. The van der Waals surface area contributed by atoms with Crippen molar-refractivity contribution in [2.75, 3.05) is 11.5 Å². The summed E-state index contributed by atoms with van der Waals surface area (Å²) in [6.45, 7) is 3.64. The molecule has 0 bridgehead atoms. The van der Waals surface area contributed by atoms with Crippen molar-refractivity contribution >= 4 is 33.6 Å². The van der Waals surface area contributed by atoms with E-state index in [-0.39, 0.29) is 0 Å². The van der Waals surface area contributed by atoms with E-state index in [1.165, 1.54) is 6.33 Å². The van der Waals surface area contributed by atoms with Crippen LogP contribution in [-0.4, -0.2) is 37.1 Å². The van der Waals surface area contributed by atoms with Gasteiger partial charge in [-0.25, -0.2) is 19.3 Å². The van der Waals surface area contributed by atoms with Crippen molar-refractivity contribution in [3.05, 3.63) is 54.5 Å². The molecule has 1 aliphatic heterocycles. The Kier molecular flexibility index (Phi) is 4.44. The number of benzene rings is 1. The van der Waals surface area contributed by atoms with E-state index in [0.29, 0.717) is 48.4 Å². The van der Waals surface area contributed by atoms with Crippen molar-refractivity contribution in [3.63, 3.8) is 0 Å². The Morgan fingerprint density at radius 1 is 1.12 bits per heavy atom. The maximum absolute atomic E-state index is 16.7. The van der Waals surface area contributed by atoms with Gasteiger partial charge in [0.1, 0.15) is 35.4 Å². The van der Waals surface area contributed by atoms with Crippen molar-refractivity contribution in [1.82, 2.24) is 19.5 Å². The molecule has 1 aromatic carbocycles. The molecule has 176 valence electrons. The van der Waals surface area contributed by atoms with Crippen molar-refractivity contribution in [2.45, 2.75) is 62.8 Å². The average Bonchev–Trinajstić information content (AvgIpc) is 3.43. The molecule has 2 fully saturated rings. The van der Waals surface area contributed by atoms with Gasteiger partial charge >= 0.3 is 0 Å². The molecule has 1 saturated heterocycles. The number of nitrogens with zero attached hydrogens (tertiary/aromatic N) is 4. The number of hydrogen-bond acceptors (Lipinski definition) is 7. The van der Waals surface area contributed by atoms with Gasteiger partial charge in [0, 0.05) is 18.0 Å². The van der Waals surface area contributed by atoms with Crippen LogP contribution in [0.15, 0.2) is 48.9 Å². The highest BCUT2D eigenvalue weighted by atomic mass is 19.1. The van der Waals surface area contributed by atoms with E-state index in [1.807, 2.05) is 54.9 Å². The maximum atomic E-state index is 16.7. The molecule has 0 radical (unpaired) electrons. The van der Waals surface area contributed by atoms with E-state index in [0.717, 1.165) is 16.5 Å². The molecule has 0 spiro atoms. The molecule has 3 aromatic heterocycles. The fourth-order valence-electron chi connectivity index (χ4n) is 5.60. The lowest BCUT2D eigenvalue weighted by Crippen LogP contribution is -2.46. The lowest BCUT2D eigenvalue weighted by Gasteiger charge is -2.32. The lowest BCUT2D eigenvalue weighted by atomic mass is 9.91. The first-order valence-corrected chi connectivity index (χ1v) is 11.5. The summed E-state index contributed by atoms with van der Waals surface area (Å²) in [5, 5.41) is 1.71. The molecular formula is C25H27FN6O2. The molecule has 1 aliphatic carbocycles. The molecule has 0 amide bonds. The van der Waals surface area contributed by atoms with Crippen LogP contribution in [0, 0.1) is 0 Å². The third kappa shape index (κ3) is 3.14. The first-order valence-electron chi connectivity index (χ1n) is 11.5. The second-order valence-electron chi connectivity index (χ2n) is 9.82. The van der Waals surface area contributed by atoms with Crippen LogP contribution < -0.4 is 11.5 Å². The van der Waals surface area contributed by atoms with Crippen LogP contribution >= 0.6 is 0 Å². The topological polar surface area (TPSA) is 114 Å². The number of nitrogen functional groups attached to an aromatic ring is 2. The predicted molar refractivity (Wildman–Crippen MR) is 128 cm³/mol. The fraction of sp³-hybridized carbons (Fsp3) is 0.400. The van der Waals surface area contributed by atoms with E-state index in [2.05, 4.69) is 15.0 Å². The number of hydrogen-bond donors (Lipinski definition) is 2. The Hall–Kier alpha value is -3.30.